The highest BCUT2D eigenvalue weighted by Crippen LogP contribution is 2.17. The van der Waals surface area contributed by atoms with Crippen LogP contribution in [-0.2, 0) is 32.0 Å². The number of hydrogen-bond donors (Lipinski definition) is 3. The number of methoxy groups -OCH3 is 1. The molecule has 45 heavy (non-hydrogen) atoms. The van der Waals surface area contributed by atoms with E-state index in [1.807, 2.05) is 0 Å². The van der Waals surface area contributed by atoms with Gasteiger partial charge in [0.2, 0.25) is 11.8 Å². The Morgan fingerprint density at radius 2 is 1.31 bits per heavy atom. The van der Waals surface area contributed by atoms with Crippen molar-refractivity contribution < 1.29 is 24.2 Å². The van der Waals surface area contributed by atoms with Crippen LogP contribution in [0.3, 0.4) is 0 Å². The smallest absolute Gasteiger partial charge is 0.328 e. The lowest BCUT2D eigenvalue weighted by molar-refractivity contribution is -0.145. The van der Waals surface area contributed by atoms with Gasteiger partial charge in [0.05, 0.1) is 7.11 Å². The molecular weight excluding hydrogens is 613 g/mol. The van der Waals surface area contributed by atoms with Gasteiger partial charge in [0.1, 0.15) is 11.8 Å². The topological polar surface area (TPSA) is 108 Å². The molecule has 2 amide bonds. The number of amides is 2. The molecule has 0 heterocycles. The Morgan fingerprint density at radius 1 is 0.756 bits per heavy atom. The number of aromatic hydroxyl groups is 1. The number of phenols is 1. The van der Waals surface area contributed by atoms with E-state index in [2.05, 4.69) is 39.8 Å². The fraction of sp³-hybridized carbons (Fsp3) is 0.571. The molecular formula is C35H51Cl2N3O5. The molecule has 0 radical (unpaired) electrons. The number of rotatable bonds is 24. The number of carbonyl (C=O) groups excluding carboxylic acids is 3. The highest BCUT2D eigenvalue weighted by Gasteiger charge is 2.21. The van der Waals surface area contributed by atoms with Crippen molar-refractivity contribution in [2.45, 2.75) is 89.5 Å². The molecule has 0 saturated heterocycles. The first-order chi connectivity index (χ1) is 21.9. The van der Waals surface area contributed by atoms with Crippen LogP contribution in [-0.4, -0.2) is 67.4 Å². The van der Waals surface area contributed by atoms with Gasteiger partial charge < -0.3 is 25.4 Å². The number of hydrogen-bond acceptors (Lipinski definition) is 6. The number of nitrogens with one attached hydrogen (secondary N) is 2. The lowest BCUT2D eigenvalue weighted by Crippen LogP contribution is -2.43. The van der Waals surface area contributed by atoms with Gasteiger partial charge in [-0.15, -0.1) is 23.2 Å². The number of ether oxygens (including phenoxy) is 1. The maximum atomic E-state index is 12.4. The second-order valence-electron chi connectivity index (χ2n) is 11.3. The van der Waals surface area contributed by atoms with Crippen molar-refractivity contribution in [3.63, 3.8) is 0 Å². The zero-order chi connectivity index (χ0) is 32.7. The van der Waals surface area contributed by atoms with Gasteiger partial charge in [0.15, 0.2) is 0 Å². The van der Waals surface area contributed by atoms with Gasteiger partial charge in [-0.3, -0.25) is 9.59 Å². The molecule has 0 aliphatic heterocycles. The molecule has 0 aliphatic carbocycles. The molecule has 0 unspecified atom stereocenters. The summed E-state index contributed by atoms with van der Waals surface area (Å²) in [5, 5.41) is 15.3. The summed E-state index contributed by atoms with van der Waals surface area (Å²) in [6.45, 7) is 2.25. The molecule has 3 N–H and O–H groups in total. The largest absolute Gasteiger partial charge is 0.508 e. The number of esters is 1. The van der Waals surface area contributed by atoms with Crippen molar-refractivity contribution in [3.05, 3.63) is 59.7 Å². The summed E-state index contributed by atoms with van der Waals surface area (Å²) in [7, 11) is 1.31. The third-order valence-electron chi connectivity index (χ3n) is 7.73. The summed E-state index contributed by atoms with van der Waals surface area (Å²) >= 11 is 11.8. The summed E-state index contributed by atoms with van der Waals surface area (Å²) in [5.41, 5.74) is 3.17. The molecule has 2 aromatic rings. The van der Waals surface area contributed by atoms with E-state index in [4.69, 9.17) is 27.9 Å². The molecule has 8 nitrogen and oxygen atoms in total. The van der Waals surface area contributed by atoms with Crippen LogP contribution in [0, 0.1) is 0 Å². The maximum absolute atomic E-state index is 12.4. The average molecular weight is 665 g/mol. The Balaban J connectivity index is 1.46. The normalized spacial score (nSPS) is 11.5. The van der Waals surface area contributed by atoms with Crippen molar-refractivity contribution in [1.29, 1.82) is 0 Å². The van der Waals surface area contributed by atoms with E-state index in [0.717, 1.165) is 95.1 Å². The number of unbranched alkanes of at least 4 members (excludes halogenated alkanes) is 7. The molecule has 0 saturated carbocycles. The van der Waals surface area contributed by atoms with Gasteiger partial charge in [-0.2, -0.15) is 0 Å². The monoisotopic (exact) mass is 663 g/mol. The number of nitrogens with zero attached hydrogens (tertiary/aromatic N) is 1. The van der Waals surface area contributed by atoms with Gasteiger partial charge in [0.25, 0.3) is 0 Å². The Kier molecular flexibility index (Phi) is 19.9. The summed E-state index contributed by atoms with van der Waals surface area (Å²) in [5.74, 6) is 0.745. The molecule has 250 valence electrons. The molecule has 2 aromatic carbocycles. The van der Waals surface area contributed by atoms with E-state index in [1.165, 1.54) is 12.7 Å². The van der Waals surface area contributed by atoms with Crippen LogP contribution in [0.2, 0.25) is 0 Å². The number of halogens is 2. The van der Waals surface area contributed by atoms with Gasteiger partial charge in [-0.25, -0.2) is 4.79 Å². The molecule has 0 aliphatic rings. The van der Waals surface area contributed by atoms with Crippen molar-refractivity contribution in [1.82, 2.24) is 10.6 Å². The fourth-order valence-corrected chi connectivity index (χ4v) is 5.57. The van der Waals surface area contributed by atoms with E-state index in [1.54, 1.807) is 24.3 Å². The summed E-state index contributed by atoms with van der Waals surface area (Å²) in [6, 6.07) is 14.2. The van der Waals surface area contributed by atoms with E-state index in [-0.39, 0.29) is 17.6 Å². The highest BCUT2D eigenvalue weighted by atomic mass is 35.5. The van der Waals surface area contributed by atoms with Crippen LogP contribution >= 0.6 is 23.2 Å². The number of anilines is 1. The Morgan fingerprint density at radius 3 is 1.91 bits per heavy atom. The van der Waals surface area contributed by atoms with Gasteiger partial charge >= 0.3 is 5.97 Å². The summed E-state index contributed by atoms with van der Waals surface area (Å²) in [4.78, 5) is 38.9. The quantitative estimate of drug-likeness (QED) is 0.0670. The van der Waals surface area contributed by atoms with Gasteiger partial charge in [-0.05, 0) is 61.1 Å². The Hall–Kier alpha value is -2.97. The minimum atomic E-state index is -0.750. The van der Waals surface area contributed by atoms with Crippen molar-refractivity contribution >= 4 is 46.7 Å². The SMILES string of the molecule is COC(=O)[C@H](Cc1ccc(O)cc1)NC(=O)CCCCCCCCCCNC(=O)CCCc1ccc(N(CCCl)CCCl)cc1. The van der Waals surface area contributed by atoms with Crippen LogP contribution in [0.5, 0.6) is 5.75 Å². The number of benzene rings is 2. The number of phenolic OH excluding ortho intramolecular Hbond substituents is 1. The predicted octanol–water partition coefficient (Wildman–Crippen LogP) is 6.53. The second kappa shape index (κ2) is 23.4. The predicted molar refractivity (Wildman–Crippen MR) is 183 cm³/mol. The van der Waals surface area contributed by atoms with E-state index < -0.39 is 12.0 Å². The number of carbonyl (C=O) groups is 3. The minimum Gasteiger partial charge on any atom is -0.508 e. The molecule has 2 rings (SSSR count). The van der Waals surface area contributed by atoms with Crippen molar-refractivity contribution in [2.24, 2.45) is 0 Å². The molecule has 0 bridgehead atoms. The summed E-state index contributed by atoms with van der Waals surface area (Å²) in [6.07, 6.45) is 11.2. The lowest BCUT2D eigenvalue weighted by atomic mass is 10.0. The van der Waals surface area contributed by atoms with Crippen molar-refractivity contribution in [2.75, 3.05) is 43.4 Å². The Bertz CT molecular complexity index is 1110. The van der Waals surface area contributed by atoms with E-state index in [9.17, 15) is 19.5 Å². The third kappa shape index (κ3) is 16.8. The summed E-state index contributed by atoms with van der Waals surface area (Å²) < 4.78 is 4.85. The van der Waals surface area contributed by atoms with Crippen LogP contribution in [0.25, 0.3) is 0 Å². The van der Waals surface area contributed by atoms with E-state index in [0.29, 0.717) is 31.0 Å². The number of alkyl halides is 2. The van der Waals surface area contributed by atoms with Crippen molar-refractivity contribution in [3.8, 4) is 5.75 Å². The third-order valence-corrected chi connectivity index (χ3v) is 8.07. The zero-order valence-corrected chi connectivity index (χ0v) is 28.2. The first kappa shape index (κ1) is 38.2. The van der Waals surface area contributed by atoms with Crippen LogP contribution < -0.4 is 15.5 Å². The molecule has 0 fully saturated rings. The zero-order valence-electron chi connectivity index (χ0n) is 26.7. The second-order valence-corrected chi connectivity index (χ2v) is 12.1. The minimum absolute atomic E-state index is 0.115. The standard InChI is InChI=1S/C35H51Cl2N3O5/c1-45-35(44)32(27-29-16-20-31(41)21-17-29)39-34(43)12-8-6-4-2-3-5-7-9-24-38-33(42)13-10-11-28-14-18-30(19-15-28)40(25-22-36)26-23-37/h14-21,32,41H,2-13,22-27H2,1H3,(H,38,42)(H,39,43)/t32-/m0/s1. The first-order valence-electron chi connectivity index (χ1n) is 16.2. The highest BCUT2D eigenvalue weighted by molar-refractivity contribution is 6.18. The average Bonchev–Trinajstić information content (AvgIpc) is 3.04. The first-order valence-corrected chi connectivity index (χ1v) is 17.3. The molecule has 0 spiro atoms. The van der Waals surface area contributed by atoms with Gasteiger partial charge in [0, 0.05) is 56.3 Å². The van der Waals surface area contributed by atoms with Crippen LogP contribution in [0.4, 0.5) is 5.69 Å². The fourth-order valence-electron chi connectivity index (χ4n) is 5.16. The van der Waals surface area contributed by atoms with Crippen LogP contribution in [0.15, 0.2) is 48.5 Å². The van der Waals surface area contributed by atoms with E-state index >= 15 is 0 Å². The van der Waals surface area contributed by atoms with Gasteiger partial charge in [-0.1, -0.05) is 62.8 Å². The van der Waals surface area contributed by atoms with Crippen LogP contribution in [0.1, 0.15) is 81.8 Å². The Labute approximate surface area is 279 Å². The lowest BCUT2D eigenvalue weighted by Gasteiger charge is -2.23. The maximum Gasteiger partial charge on any atom is 0.328 e. The molecule has 0 aromatic heterocycles. The number of aryl methyl sites for hydroxylation is 1. The molecule has 10 heteroatoms. The molecule has 1 atom stereocenters.